The van der Waals surface area contributed by atoms with Gasteiger partial charge in [-0.1, -0.05) is 0 Å². The third kappa shape index (κ3) is 2.91. The van der Waals surface area contributed by atoms with E-state index in [-0.39, 0.29) is 19.7 Å². The maximum Gasteiger partial charge on any atom is 0.325 e. The first kappa shape index (κ1) is 11.4. The number of carbonyl (C=O) groups is 3. The number of rotatable bonds is 4. The van der Waals surface area contributed by atoms with Crippen molar-refractivity contribution in [3.05, 3.63) is 0 Å². The second-order valence-electron chi connectivity index (χ2n) is 3.29. The lowest BCUT2D eigenvalue weighted by molar-refractivity contribution is -0.131. The van der Waals surface area contributed by atoms with E-state index in [1.807, 2.05) is 0 Å². The molecule has 1 aliphatic rings. The molecule has 0 bridgehead atoms. The summed E-state index contributed by atoms with van der Waals surface area (Å²) < 4.78 is 0. The molecule has 1 saturated heterocycles. The van der Waals surface area contributed by atoms with Crippen LogP contribution in [0.5, 0.6) is 0 Å². The van der Waals surface area contributed by atoms with E-state index >= 15 is 0 Å². The molecule has 1 rings (SSSR count). The number of aliphatic hydroxyl groups is 1. The van der Waals surface area contributed by atoms with Crippen LogP contribution in [0.1, 0.15) is 6.92 Å². The molecule has 0 saturated carbocycles. The number of imide groups is 1. The molecule has 7 nitrogen and oxygen atoms in total. The quantitative estimate of drug-likeness (QED) is 0.474. The van der Waals surface area contributed by atoms with Crippen molar-refractivity contribution < 1.29 is 19.5 Å². The van der Waals surface area contributed by atoms with Crippen LogP contribution in [0.3, 0.4) is 0 Å². The second-order valence-corrected chi connectivity index (χ2v) is 3.29. The van der Waals surface area contributed by atoms with Crippen molar-refractivity contribution in [2.75, 3.05) is 19.7 Å². The van der Waals surface area contributed by atoms with Crippen LogP contribution in [0, 0.1) is 0 Å². The van der Waals surface area contributed by atoms with Crippen molar-refractivity contribution in [1.29, 1.82) is 0 Å². The molecule has 15 heavy (non-hydrogen) atoms. The van der Waals surface area contributed by atoms with Gasteiger partial charge in [-0.05, 0) is 6.92 Å². The van der Waals surface area contributed by atoms with Crippen LogP contribution in [-0.2, 0) is 9.59 Å². The van der Waals surface area contributed by atoms with Crippen molar-refractivity contribution in [3.63, 3.8) is 0 Å². The van der Waals surface area contributed by atoms with Gasteiger partial charge in [0, 0.05) is 6.04 Å². The second kappa shape index (κ2) is 4.74. The van der Waals surface area contributed by atoms with Gasteiger partial charge in [0.25, 0.3) is 5.91 Å². The number of aliphatic hydroxyl groups excluding tert-OH is 1. The van der Waals surface area contributed by atoms with Gasteiger partial charge in [-0.15, -0.1) is 0 Å². The number of amides is 4. The molecule has 84 valence electrons. The van der Waals surface area contributed by atoms with E-state index in [0.29, 0.717) is 0 Å². The maximum absolute atomic E-state index is 11.3. The highest BCUT2D eigenvalue weighted by molar-refractivity contribution is 6.04. The highest BCUT2D eigenvalue weighted by Gasteiger charge is 2.30. The summed E-state index contributed by atoms with van der Waals surface area (Å²) in [6, 6.07) is -0.954. The smallest absolute Gasteiger partial charge is 0.325 e. The van der Waals surface area contributed by atoms with Crippen molar-refractivity contribution >= 4 is 17.8 Å². The third-order valence-electron chi connectivity index (χ3n) is 1.92. The number of nitrogens with zero attached hydrogens (tertiary/aromatic N) is 1. The van der Waals surface area contributed by atoms with E-state index in [1.54, 1.807) is 6.92 Å². The number of hydrogen-bond acceptors (Lipinski definition) is 4. The van der Waals surface area contributed by atoms with Gasteiger partial charge < -0.3 is 15.7 Å². The molecule has 0 spiro atoms. The molecule has 0 aromatic heterocycles. The van der Waals surface area contributed by atoms with E-state index in [9.17, 15) is 14.4 Å². The lowest BCUT2D eigenvalue weighted by Gasteiger charge is -2.14. The van der Waals surface area contributed by atoms with Crippen LogP contribution in [0.15, 0.2) is 0 Å². The first-order chi connectivity index (χ1) is 7.04. The van der Waals surface area contributed by atoms with Gasteiger partial charge >= 0.3 is 6.03 Å². The first-order valence-electron chi connectivity index (χ1n) is 4.53. The number of hydrogen-bond donors (Lipinski definition) is 3. The Morgan fingerprint density at radius 3 is 2.80 bits per heavy atom. The summed E-state index contributed by atoms with van der Waals surface area (Å²) in [5.41, 5.74) is 0. The van der Waals surface area contributed by atoms with Gasteiger partial charge in [0.05, 0.1) is 13.2 Å². The van der Waals surface area contributed by atoms with Crippen LogP contribution in [0.4, 0.5) is 4.79 Å². The van der Waals surface area contributed by atoms with E-state index in [4.69, 9.17) is 5.11 Å². The Hall–Kier alpha value is -1.63. The molecule has 3 N–H and O–H groups in total. The highest BCUT2D eigenvalue weighted by Crippen LogP contribution is 1.97. The maximum atomic E-state index is 11.3. The molecular formula is C8H13N3O4. The van der Waals surface area contributed by atoms with Crippen LogP contribution in [-0.4, -0.2) is 53.6 Å². The molecule has 0 aromatic rings. The van der Waals surface area contributed by atoms with Crippen molar-refractivity contribution in [2.45, 2.75) is 13.0 Å². The summed E-state index contributed by atoms with van der Waals surface area (Å²) in [5.74, 6) is -0.895. The monoisotopic (exact) mass is 215 g/mol. The van der Waals surface area contributed by atoms with Crippen LogP contribution >= 0.6 is 0 Å². The molecule has 0 aromatic carbocycles. The molecule has 1 fully saturated rings. The highest BCUT2D eigenvalue weighted by atomic mass is 16.3. The molecule has 0 unspecified atom stereocenters. The van der Waals surface area contributed by atoms with Crippen molar-refractivity contribution in [3.8, 4) is 0 Å². The lowest BCUT2D eigenvalue weighted by Crippen LogP contribution is -2.44. The average molecular weight is 215 g/mol. The SMILES string of the molecule is C[C@H](CO)NC(=O)CN1C(=O)CNC1=O. The molecule has 1 heterocycles. The van der Waals surface area contributed by atoms with Crippen molar-refractivity contribution in [2.24, 2.45) is 0 Å². The van der Waals surface area contributed by atoms with Gasteiger partial charge in [0.15, 0.2) is 0 Å². The lowest BCUT2D eigenvalue weighted by atomic mass is 10.3. The minimum Gasteiger partial charge on any atom is -0.394 e. The minimum absolute atomic E-state index is 0.0678. The number of nitrogens with one attached hydrogen (secondary N) is 2. The van der Waals surface area contributed by atoms with E-state index in [0.717, 1.165) is 4.90 Å². The van der Waals surface area contributed by atoms with E-state index in [1.165, 1.54) is 0 Å². The van der Waals surface area contributed by atoms with Gasteiger partial charge in [-0.2, -0.15) is 0 Å². The Labute approximate surface area is 86.4 Å². The topological polar surface area (TPSA) is 98.7 Å². The number of carbonyl (C=O) groups excluding carboxylic acids is 3. The summed E-state index contributed by atoms with van der Waals surface area (Å²) in [6.45, 7) is 1.05. The fourth-order valence-electron chi connectivity index (χ4n) is 1.13. The summed E-state index contributed by atoms with van der Waals surface area (Å²) >= 11 is 0. The number of urea groups is 1. The normalized spacial score (nSPS) is 17.6. The Bertz CT molecular complexity index is 276. The standard InChI is InChI=1S/C8H13N3O4/c1-5(4-12)10-6(13)3-11-7(14)2-9-8(11)15/h5,12H,2-4H2,1H3,(H,9,15)(H,10,13)/t5-/m1/s1. The molecule has 1 atom stereocenters. The van der Waals surface area contributed by atoms with Crippen molar-refractivity contribution in [1.82, 2.24) is 15.5 Å². The predicted molar refractivity (Wildman–Crippen MR) is 49.8 cm³/mol. The average Bonchev–Trinajstić information content (AvgIpc) is 2.49. The Balaban J connectivity index is 2.44. The Morgan fingerprint density at radius 1 is 1.67 bits per heavy atom. The molecular weight excluding hydrogens is 202 g/mol. The van der Waals surface area contributed by atoms with E-state index < -0.39 is 23.9 Å². The fraction of sp³-hybridized carbons (Fsp3) is 0.625. The summed E-state index contributed by atoms with van der Waals surface area (Å²) in [6.07, 6.45) is 0. The van der Waals surface area contributed by atoms with Crippen LogP contribution in [0.2, 0.25) is 0 Å². The van der Waals surface area contributed by atoms with Gasteiger partial charge in [0.1, 0.15) is 6.54 Å². The zero-order chi connectivity index (χ0) is 11.4. The zero-order valence-corrected chi connectivity index (χ0v) is 8.32. The molecule has 0 aliphatic carbocycles. The Morgan fingerprint density at radius 2 is 2.33 bits per heavy atom. The van der Waals surface area contributed by atoms with Gasteiger partial charge in [-0.3, -0.25) is 14.5 Å². The predicted octanol–water partition coefficient (Wildman–Crippen LogP) is -1.96. The fourth-order valence-corrected chi connectivity index (χ4v) is 1.13. The summed E-state index contributed by atoms with van der Waals surface area (Å²) in [4.78, 5) is 34.2. The molecule has 1 aliphatic heterocycles. The van der Waals surface area contributed by atoms with Gasteiger partial charge in [0.2, 0.25) is 5.91 Å². The van der Waals surface area contributed by atoms with E-state index in [2.05, 4.69) is 10.6 Å². The van der Waals surface area contributed by atoms with Crippen LogP contribution in [0.25, 0.3) is 0 Å². The first-order valence-corrected chi connectivity index (χ1v) is 4.53. The molecule has 0 radical (unpaired) electrons. The molecule has 7 heteroatoms. The van der Waals surface area contributed by atoms with Crippen LogP contribution < -0.4 is 10.6 Å². The third-order valence-corrected chi connectivity index (χ3v) is 1.92. The molecule has 4 amide bonds. The zero-order valence-electron chi connectivity index (χ0n) is 8.32. The summed E-state index contributed by atoms with van der Waals surface area (Å²) in [7, 11) is 0. The summed E-state index contributed by atoms with van der Waals surface area (Å²) in [5, 5.41) is 13.4. The largest absolute Gasteiger partial charge is 0.394 e. The minimum atomic E-state index is -0.563. The van der Waals surface area contributed by atoms with Gasteiger partial charge in [-0.25, -0.2) is 4.79 Å². The Kier molecular flexibility index (Phi) is 3.62.